The van der Waals surface area contributed by atoms with Crippen LogP contribution in [-0.4, -0.2) is 27.5 Å². The third-order valence-electron chi connectivity index (χ3n) is 2.19. The van der Waals surface area contributed by atoms with E-state index in [2.05, 4.69) is 20.0 Å². The summed E-state index contributed by atoms with van der Waals surface area (Å²) in [7, 11) is -1.42. The molecule has 0 heterocycles. The number of hydrogen-bond acceptors (Lipinski definition) is 3. The fraction of sp³-hybridized carbons (Fsp3) is 1.00. The van der Waals surface area contributed by atoms with Crippen LogP contribution in [-0.2, 0) is 4.43 Å². The van der Waals surface area contributed by atoms with Crippen molar-refractivity contribution in [3.05, 3.63) is 0 Å². The van der Waals surface area contributed by atoms with Gasteiger partial charge in [0.05, 0.1) is 0 Å². The molecule has 0 fully saturated rings. The van der Waals surface area contributed by atoms with Crippen molar-refractivity contribution in [3.63, 3.8) is 0 Å². The van der Waals surface area contributed by atoms with Crippen molar-refractivity contribution in [3.8, 4) is 0 Å². The molecule has 0 aliphatic rings. The predicted octanol–water partition coefficient (Wildman–Crippen LogP) is 1.29. The molecule has 13 heavy (non-hydrogen) atoms. The van der Waals surface area contributed by atoms with E-state index in [4.69, 9.17) is 15.9 Å². The summed E-state index contributed by atoms with van der Waals surface area (Å²) < 4.78 is 5.71. The fourth-order valence-electron chi connectivity index (χ4n) is 1.35. The van der Waals surface area contributed by atoms with Gasteiger partial charge in [0.1, 0.15) is 0 Å². The Kier molecular flexibility index (Phi) is 6.58. The van der Waals surface area contributed by atoms with E-state index in [1.807, 2.05) is 0 Å². The number of hydrogen-bond donors (Lipinski definition) is 2. The molecule has 1 atom stereocenters. The molecule has 1 unspecified atom stereocenters. The summed E-state index contributed by atoms with van der Waals surface area (Å²) >= 11 is 0. The maximum atomic E-state index is 5.87. The van der Waals surface area contributed by atoms with Crippen molar-refractivity contribution >= 4 is 8.32 Å². The molecule has 0 spiro atoms. The standard InChI is InChI=1S/C9H24N2OSi/c1-4-12-13(2,3)8-6-9(11)5-7-10/h9H,4-8,10-11H2,1-3H3. The average Bonchev–Trinajstić information content (AvgIpc) is 2.02. The van der Waals surface area contributed by atoms with Crippen LogP contribution in [0.4, 0.5) is 0 Å². The Morgan fingerprint density at radius 1 is 1.31 bits per heavy atom. The zero-order valence-corrected chi connectivity index (χ0v) is 10.2. The molecule has 0 aromatic heterocycles. The molecule has 4 heteroatoms. The highest BCUT2D eigenvalue weighted by molar-refractivity contribution is 6.71. The number of rotatable bonds is 7. The minimum absolute atomic E-state index is 0.261. The van der Waals surface area contributed by atoms with E-state index >= 15 is 0 Å². The van der Waals surface area contributed by atoms with Gasteiger partial charge in [0, 0.05) is 12.6 Å². The Labute approximate surface area is 83.0 Å². The molecule has 0 bridgehead atoms. The molecule has 0 aromatic carbocycles. The second-order valence-electron chi connectivity index (χ2n) is 4.07. The van der Waals surface area contributed by atoms with Crippen LogP contribution >= 0.6 is 0 Å². The van der Waals surface area contributed by atoms with E-state index in [0.717, 1.165) is 25.5 Å². The summed E-state index contributed by atoms with van der Waals surface area (Å²) in [6.45, 7) is 8.05. The Balaban J connectivity index is 3.60. The maximum Gasteiger partial charge on any atom is 0.186 e. The third kappa shape index (κ3) is 7.19. The lowest BCUT2D eigenvalue weighted by molar-refractivity contribution is 0.326. The first-order chi connectivity index (χ1) is 6.02. The highest BCUT2D eigenvalue weighted by Crippen LogP contribution is 2.15. The van der Waals surface area contributed by atoms with Crippen LogP contribution in [0.15, 0.2) is 0 Å². The molecular formula is C9H24N2OSi. The topological polar surface area (TPSA) is 61.3 Å². The van der Waals surface area contributed by atoms with E-state index in [1.165, 1.54) is 0 Å². The lowest BCUT2D eigenvalue weighted by Crippen LogP contribution is -2.33. The monoisotopic (exact) mass is 204 g/mol. The molecule has 0 amide bonds. The first-order valence-electron chi connectivity index (χ1n) is 5.11. The van der Waals surface area contributed by atoms with Gasteiger partial charge >= 0.3 is 0 Å². The van der Waals surface area contributed by atoms with Crippen molar-refractivity contribution in [2.24, 2.45) is 11.5 Å². The zero-order valence-electron chi connectivity index (χ0n) is 9.18. The molecule has 0 aliphatic heterocycles. The summed E-state index contributed by atoms with van der Waals surface area (Å²) in [6.07, 6.45) is 1.98. The van der Waals surface area contributed by atoms with Gasteiger partial charge in [-0.3, -0.25) is 0 Å². The fourth-order valence-corrected chi connectivity index (χ4v) is 3.35. The molecule has 0 radical (unpaired) electrons. The summed E-state index contributed by atoms with van der Waals surface area (Å²) in [5.41, 5.74) is 11.3. The van der Waals surface area contributed by atoms with Crippen LogP contribution in [0.25, 0.3) is 0 Å². The van der Waals surface area contributed by atoms with Crippen molar-refractivity contribution < 1.29 is 4.43 Å². The highest BCUT2D eigenvalue weighted by atomic mass is 28.4. The molecule has 3 nitrogen and oxygen atoms in total. The van der Waals surface area contributed by atoms with Crippen LogP contribution < -0.4 is 11.5 Å². The number of nitrogens with two attached hydrogens (primary N) is 2. The molecule has 0 saturated heterocycles. The van der Waals surface area contributed by atoms with Crippen molar-refractivity contribution in [1.29, 1.82) is 0 Å². The van der Waals surface area contributed by atoms with Gasteiger partial charge in [0.2, 0.25) is 0 Å². The van der Waals surface area contributed by atoms with Gasteiger partial charge < -0.3 is 15.9 Å². The SMILES string of the molecule is CCO[Si](C)(C)CCC(N)CCN. The van der Waals surface area contributed by atoms with Crippen LogP contribution in [0, 0.1) is 0 Å². The van der Waals surface area contributed by atoms with Crippen LogP contribution in [0.1, 0.15) is 19.8 Å². The van der Waals surface area contributed by atoms with Crippen molar-refractivity contribution in [1.82, 2.24) is 0 Å². The lowest BCUT2D eigenvalue weighted by Gasteiger charge is -2.23. The Hall–Kier alpha value is 0.0969. The van der Waals surface area contributed by atoms with Gasteiger partial charge in [-0.25, -0.2) is 0 Å². The lowest BCUT2D eigenvalue weighted by atomic mass is 10.2. The molecule has 80 valence electrons. The summed E-state index contributed by atoms with van der Waals surface area (Å²) in [5, 5.41) is 0. The summed E-state index contributed by atoms with van der Waals surface area (Å²) in [5.74, 6) is 0. The third-order valence-corrected chi connectivity index (χ3v) is 4.75. The van der Waals surface area contributed by atoms with Gasteiger partial charge in [-0.2, -0.15) is 0 Å². The molecule has 4 N–H and O–H groups in total. The Morgan fingerprint density at radius 2 is 1.92 bits per heavy atom. The van der Waals surface area contributed by atoms with Gasteiger partial charge in [-0.05, 0) is 45.4 Å². The van der Waals surface area contributed by atoms with Gasteiger partial charge in [-0.15, -0.1) is 0 Å². The van der Waals surface area contributed by atoms with E-state index in [0.29, 0.717) is 6.54 Å². The zero-order chi connectivity index (χ0) is 10.3. The second kappa shape index (κ2) is 6.54. The van der Waals surface area contributed by atoms with Gasteiger partial charge in [-0.1, -0.05) is 0 Å². The Bertz CT molecular complexity index is 131. The highest BCUT2D eigenvalue weighted by Gasteiger charge is 2.22. The largest absolute Gasteiger partial charge is 0.418 e. The first kappa shape index (κ1) is 13.1. The van der Waals surface area contributed by atoms with E-state index in [-0.39, 0.29) is 6.04 Å². The molecular weight excluding hydrogens is 180 g/mol. The molecule has 0 aliphatic carbocycles. The van der Waals surface area contributed by atoms with Crippen LogP contribution in [0.5, 0.6) is 0 Å². The van der Waals surface area contributed by atoms with Gasteiger partial charge in [0.25, 0.3) is 0 Å². The normalized spacial score (nSPS) is 14.5. The predicted molar refractivity (Wildman–Crippen MR) is 60.2 cm³/mol. The second-order valence-corrected chi connectivity index (χ2v) is 8.38. The maximum absolute atomic E-state index is 5.87. The average molecular weight is 204 g/mol. The van der Waals surface area contributed by atoms with Crippen LogP contribution in [0.2, 0.25) is 19.1 Å². The van der Waals surface area contributed by atoms with Gasteiger partial charge in [0.15, 0.2) is 8.32 Å². The van der Waals surface area contributed by atoms with E-state index in [9.17, 15) is 0 Å². The Morgan fingerprint density at radius 3 is 2.38 bits per heavy atom. The molecule has 0 aromatic rings. The van der Waals surface area contributed by atoms with Crippen molar-refractivity contribution in [2.45, 2.75) is 44.9 Å². The smallest absolute Gasteiger partial charge is 0.186 e. The summed E-state index contributed by atoms with van der Waals surface area (Å²) in [4.78, 5) is 0. The van der Waals surface area contributed by atoms with E-state index < -0.39 is 8.32 Å². The summed E-state index contributed by atoms with van der Waals surface area (Å²) in [6, 6.07) is 1.40. The minimum atomic E-state index is -1.42. The minimum Gasteiger partial charge on any atom is -0.418 e. The molecule has 0 saturated carbocycles. The quantitative estimate of drug-likeness (QED) is 0.614. The van der Waals surface area contributed by atoms with Crippen molar-refractivity contribution in [2.75, 3.05) is 13.2 Å². The van der Waals surface area contributed by atoms with Crippen LogP contribution in [0.3, 0.4) is 0 Å². The first-order valence-corrected chi connectivity index (χ1v) is 8.23. The molecule has 0 rings (SSSR count). The van der Waals surface area contributed by atoms with E-state index in [1.54, 1.807) is 0 Å².